The van der Waals surface area contributed by atoms with Crippen LogP contribution in [0, 0.1) is 0 Å². The minimum Gasteiger partial charge on any atom is -0.378 e. The number of H-pyrrole nitrogens is 1. The first-order valence-electron chi connectivity index (χ1n) is 8.05. The van der Waals surface area contributed by atoms with Crippen molar-refractivity contribution >= 4 is 41.0 Å². The largest absolute Gasteiger partial charge is 0.378 e. The fourth-order valence-electron chi connectivity index (χ4n) is 2.37. The van der Waals surface area contributed by atoms with Crippen LogP contribution in [0.5, 0.6) is 0 Å². The van der Waals surface area contributed by atoms with Crippen LogP contribution in [0.15, 0.2) is 53.6 Å². The van der Waals surface area contributed by atoms with Crippen LogP contribution in [-0.2, 0) is 0 Å². The third kappa shape index (κ3) is 4.87. The van der Waals surface area contributed by atoms with E-state index in [9.17, 15) is 4.79 Å². The summed E-state index contributed by atoms with van der Waals surface area (Å²) in [6.45, 7) is 0. The highest BCUT2D eigenvalue weighted by molar-refractivity contribution is 6.35. The first-order valence-corrected chi connectivity index (χ1v) is 8.80. The summed E-state index contributed by atoms with van der Waals surface area (Å²) in [6.07, 6.45) is 1.57. The quantitative estimate of drug-likeness (QED) is 0.496. The number of rotatable bonds is 5. The molecule has 3 rings (SSSR count). The highest BCUT2D eigenvalue weighted by atomic mass is 35.5. The summed E-state index contributed by atoms with van der Waals surface area (Å²) >= 11 is 12.0. The number of halogens is 2. The Balaban J connectivity index is 1.65. The van der Waals surface area contributed by atoms with Gasteiger partial charge in [-0.05, 0) is 42.0 Å². The number of aromatic amines is 1. The molecule has 8 heteroatoms. The number of hydrogen-bond donors (Lipinski definition) is 2. The molecular weight excluding hydrogens is 385 g/mol. The van der Waals surface area contributed by atoms with E-state index in [0.717, 1.165) is 11.3 Å². The fraction of sp³-hybridized carbons (Fsp3) is 0.105. The number of nitrogens with zero attached hydrogens (tertiary/aromatic N) is 3. The summed E-state index contributed by atoms with van der Waals surface area (Å²) in [4.78, 5) is 14.2. The van der Waals surface area contributed by atoms with E-state index in [1.165, 1.54) is 0 Å². The zero-order valence-electron chi connectivity index (χ0n) is 14.7. The van der Waals surface area contributed by atoms with Gasteiger partial charge in [0.15, 0.2) is 0 Å². The molecule has 0 aliphatic carbocycles. The number of aromatic nitrogens is 2. The van der Waals surface area contributed by atoms with Crippen LogP contribution in [0.1, 0.15) is 16.1 Å². The Labute approximate surface area is 166 Å². The topological polar surface area (TPSA) is 73.4 Å². The van der Waals surface area contributed by atoms with Gasteiger partial charge in [0.2, 0.25) is 0 Å². The Hall–Kier alpha value is -2.83. The molecule has 2 N–H and O–H groups in total. The fourth-order valence-corrected chi connectivity index (χ4v) is 2.90. The van der Waals surface area contributed by atoms with E-state index < -0.39 is 5.91 Å². The van der Waals surface area contributed by atoms with Gasteiger partial charge >= 0.3 is 0 Å². The SMILES string of the molecule is CN(C)c1ccc(/C=N\NC(=O)c2cc(-c3cc(Cl)cc(Cl)c3)n[nH]2)cc1. The van der Waals surface area contributed by atoms with Crippen molar-refractivity contribution in [2.45, 2.75) is 0 Å². The standard InChI is InChI=1S/C19H17Cl2N5O/c1-26(2)16-5-3-12(4-6-16)11-22-25-19(27)18-10-17(23-24-18)13-7-14(20)9-15(21)8-13/h3-11H,1-2H3,(H,23,24)(H,25,27)/b22-11-. The molecular formula is C19H17Cl2N5O. The maximum atomic E-state index is 12.2. The van der Waals surface area contributed by atoms with Gasteiger partial charge in [-0.3, -0.25) is 9.89 Å². The lowest BCUT2D eigenvalue weighted by atomic mass is 10.1. The van der Waals surface area contributed by atoms with E-state index in [1.54, 1.807) is 30.5 Å². The van der Waals surface area contributed by atoms with Gasteiger partial charge in [-0.15, -0.1) is 0 Å². The Morgan fingerprint density at radius 3 is 2.41 bits per heavy atom. The number of carbonyl (C=O) groups is 1. The minimum absolute atomic E-state index is 0.279. The van der Waals surface area contributed by atoms with Gasteiger partial charge in [0.25, 0.3) is 5.91 Å². The Morgan fingerprint density at radius 2 is 1.78 bits per heavy atom. The smallest absolute Gasteiger partial charge is 0.289 e. The number of benzene rings is 2. The molecule has 1 aromatic heterocycles. The average molecular weight is 402 g/mol. The van der Waals surface area contributed by atoms with Gasteiger partial charge in [-0.2, -0.15) is 10.2 Å². The normalized spacial score (nSPS) is 11.0. The maximum Gasteiger partial charge on any atom is 0.289 e. The predicted molar refractivity (Wildman–Crippen MR) is 110 cm³/mol. The summed E-state index contributed by atoms with van der Waals surface area (Å²) in [7, 11) is 3.94. The Morgan fingerprint density at radius 1 is 1.11 bits per heavy atom. The second-order valence-corrected chi connectivity index (χ2v) is 6.88. The highest BCUT2D eigenvalue weighted by Crippen LogP contribution is 2.26. The first-order chi connectivity index (χ1) is 12.9. The summed E-state index contributed by atoms with van der Waals surface area (Å²) in [5, 5.41) is 11.8. The number of hydrazone groups is 1. The van der Waals surface area contributed by atoms with Crippen molar-refractivity contribution in [3.05, 3.63) is 69.8 Å². The summed E-state index contributed by atoms with van der Waals surface area (Å²) in [5.74, 6) is -0.400. The van der Waals surface area contributed by atoms with Crippen LogP contribution in [0.3, 0.4) is 0 Å². The third-order valence-electron chi connectivity index (χ3n) is 3.77. The Kier molecular flexibility index (Phi) is 5.78. The highest BCUT2D eigenvalue weighted by Gasteiger charge is 2.11. The minimum atomic E-state index is -0.400. The molecule has 3 aromatic rings. The molecule has 0 saturated carbocycles. The van der Waals surface area contributed by atoms with Gasteiger partial charge in [0.05, 0.1) is 11.9 Å². The molecule has 0 radical (unpaired) electrons. The zero-order valence-corrected chi connectivity index (χ0v) is 16.2. The maximum absolute atomic E-state index is 12.2. The number of carbonyl (C=O) groups excluding carboxylic acids is 1. The monoisotopic (exact) mass is 401 g/mol. The van der Waals surface area contributed by atoms with Crippen LogP contribution in [-0.4, -0.2) is 36.4 Å². The molecule has 0 bridgehead atoms. The lowest BCUT2D eigenvalue weighted by molar-refractivity contribution is 0.0950. The summed E-state index contributed by atoms with van der Waals surface area (Å²) in [6, 6.07) is 14.5. The summed E-state index contributed by atoms with van der Waals surface area (Å²) in [5.41, 5.74) is 5.99. The van der Waals surface area contributed by atoms with Gasteiger partial charge in [-0.1, -0.05) is 35.3 Å². The molecule has 0 aliphatic heterocycles. The number of amides is 1. The molecule has 0 spiro atoms. The van der Waals surface area contributed by atoms with Gasteiger partial charge < -0.3 is 4.90 Å². The van der Waals surface area contributed by atoms with Crippen molar-refractivity contribution in [3.63, 3.8) is 0 Å². The molecule has 0 aliphatic rings. The van der Waals surface area contributed by atoms with Crippen LogP contribution >= 0.6 is 23.2 Å². The van der Waals surface area contributed by atoms with Crippen LogP contribution in [0.4, 0.5) is 5.69 Å². The molecule has 0 atom stereocenters. The number of nitrogens with one attached hydrogen (secondary N) is 2. The van der Waals surface area contributed by atoms with E-state index >= 15 is 0 Å². The van der Waals surface area contributed by atoms with Crippen molar-refractivity contribution in [1.29, 1.82) is 0 Å². The molecule has 1 amide bonds. The van der Waals surface area contributed by atoms with Gasteiger partial charge in [0.1, 0.15) is 5.69 Å². The number of hydrogen-bond acceptors (Lipinski definition) is 4. The molecule has 1 heterocycles. The van der Waals surface area contributed by atoms with E-state index in [1.807, 2.05) is 43.3 Å². The summed E-state index contributed by atoms with van der Waals surface area (Å²) < 4.78 is 0. The van der Waals surface area contributed by atoms with Crippen molar-refractivity contribution in [2.24, 2.45) is 5.10 Å². The molecule has 0 fully saturated rings. The molecule has 0 saturated heterocycles. The molecule has 0 unspecified atom stereocenters. The third-order valence-corrected chi connectivity index (χ3v) is 4.21. The van der Waals surface area contributed by atoms with E-state index in [2.05, 4.69) is 20.7 Å². The second-order valence-electron chi connectivity index (χ2n) is 6.01. The van der Waals surface area contributed by atoms with Gasteiger partial charge in [0, 0.05) is 35.4 Å². The predicted octanol–water partition coefficient (Wildman–Crippen LogP) is 4.21. The van der Waals surface area contributed by atoms with Crippen molar-refractivity contribution in [2.75, 3.05) is 19.0 Å². The molecule has 2 aromatic carbocycles. The lowest BCUT2D eigenvalue weighted by Crippen LogP contribution is -2.18. The van der Waals surface area contributed by atoms with Crippen molar-refractivity contribution in [1.82, 2.24) is 15.6 Å². The first kappa shape index (κ1) is 18.9. The van der Waals surface area contributed by atoms with E-state index in [4.69, 9.17) is 23.2 Å². The van der Waals surface area contributed by atoms with E-state index in [-0.39, 0.29) is 5.69 Å². The van der Waals surface area contributed by atoms with Crippen LogP contribution < -0.4 is 10.3 Å². The van der Waals surface area contributed by atoms with Crippen LogP contribution in [0.2, 0.25) is 10.0 Å². The lowest BCUT2D eigenvalue weighted by Gasteiger charge is -2.11. The van der Waals surface area contributed by atoms with Crippen molar-refractivity contribution < 1.29 is 4.79 Å². The van der Waals surface area contributed by atoms with E-state index in [0.29, 0.717) is 21.3 Å². The average Bonchev–Trinajstić information content (AvgIpc) is 3.11. The molecule has 27 heavy (non-hydrogen) atoms. The molecule has 6 nitrogen and oxygen atoms in total. The Bertz CT molecular complexity index is 960. The second kappa shape index (κ2) is 8.24. The molecule has 138 valence electrons. The van der Waals surface area contributed by atoms with Crippen molar-refractivity contribution in [3.8, 4) is 11.3 Å². The zero-order chi connectivity index (χ0) is 19.4. The number of anilines is 1. The van der Waals surface area contributed by atoms with Crippen LogP contribution in [0.25, 0.3) is 11.3 Å². The van der Waals surface area contributed by atoms with Gasteiger partial charge in [-0.25, -0.2) is 5.43 Å².